The quantitative estimate of drug-likeness (QED) is 0.167. The summed E-state index contributed by atoms with van der Waals surface area (Å²) >= 11 is 1.88. The number of benzene rings is 10. The fraction of sp³-hybridized carbons (Fsp3) is 0. The van der Waals surface area contributed by atoms with Crippen molar-refractivity contribution < 1.29 is 4.42 Å². The molecule has 0 aliphatic carbocycles. The van der Waals surface area contributed by atoms with Crippen LogP contribution in [0.15, 0.2) is 186 Å². The first kappa shape index (κ1) is 29.8. The van der Waals surface area contributed by atoms with E-state index in [4.69, 9.17) is 4.42 Å². The smallest absolute Gasteiger partial charge is 0.136 e. The number of hydrogen-bond donors (Lipinski definition) is 0. The van der Waals surface area contributed by atoms with Crippen LogP contribution in [-0.4, -0.2) is 0 Å². The molecule has 1 nitrogen and oxygen atoms in total. The maximum atomic E-state index is 6.71. The zero-order valence-corrected chi connectivity index (χ0v) is 30.0. The summed E-state index contributed by atoms with van der Waals surface area (Å²) in [6.07, 6.45) is 0. The second-order valence-electron chi connectivity index (χ2n) is 14.3. The first-order chi connectivity index (χ1) is 26.8. The average Bonchev–Trinajstić information content (AvgIpc) is 3.81. The van der Waals surface area contributed by atoms with Crippen molar-refractivity contribution in [3.05, 3.63) is 182 Å². The van der Waals surface area contributed by atoms with Crippen molar-refractivity contribution in [2.75, 3.05) is 0 Å². The maximum absolute atomic E-state index is 6.71. The Morgan fingerprint density at radius 3 is 1.59 bits per heavy atom. The summed E-state index contributed by atoms with van der Waals surface area (Å²) in [5, 5.41) is 15.0. The molecule has 10 aromatic carbocycles. The predicted molar refractivity (Wildman–Crippen MR) is 233 cm³/mol. The van der Waals surface area contributed by atoms with E-state index in [-0.39, 0.29) is 0 Å². The summed E-state index contributed by atoms with van der Waals surface area (Å²) in [4.78, 5) is 0. The van der Waals surface area contributed by atoms with Gasteiger partial charge in [0.25, 0.3) is 0 Å². The third-order valence-corrected chi connectivity index (χ3v) is 12.7. The fourth-order valence-electron chi connectivity index (χ4n) is 9.13. The van der Waals surface area contributed by atoms with Gasteiger partial charge in [-0.25, -0.2) is 0 Å². The van der Waals surface area contributed by atoms with Crippen LogP contribution in [0.5, 0.6) is 0 Å². The molecule has 12 aromatic rings. The third kappa shape index (κ3) is 4.20. The van der Waals surface area contributed by atoms with E-state index >= 15 is 0 Å². The molecule has 12 rings (SSSR count). The topological polar surface area (TPSA) is 13.1 Å². The van der Waals surface area contributed by atoms with E-state index in [1.54, 1.807) is 0 Å². The molecule has 2 heteroatoms. The molecule has 54 heavy (non-hydrogen) atoms. The lowest BCUT2D eigenvalue weighted by Gasteiger charge is -2.19. The van der Waals surface area contributed by atoms with Crippen molar-refractivity contribution in [3.8, 4) is 33.4 Å². The lowest BCUT2D eigenvalue weighted by Crippen LogP contribution is -1.92. The van der Waals surface area contributed by atoms with E-state index in [9.17, 15) is 0 Å². The molecule has 0 saturated heterocycles. The molecule has 0 radical (unpaired) electrons. The Labute approximate surface area is 314 Å². The summed E-state index contributed by atoms with van der Waals surface area (Å²) in [5.41, 5.74) is 9.21. The van der Waals surface area contributed by atoms with Gasteiger partial charge in [0.15, 0.2) is 0 Å². The Hall–Kier alpha value is -6.74. The molecule has 0 spiro atoms. The van der Waals surface area contributed by atoms with Gasteiger partial charge in [-0.15, -0.1) is 11.3 Å². The lowest BCUT2D eigenvalue weighted by atomic mass is 9.83. The van der Waals surface area contributed by atoms with E-state index in [2.05, 4.69) is 182 Å². The van der Waals surface area contributed by atoms with Crippen molar-refractivity contribution in [1.82, 2.24) is 0 Å². The molecule has 0 N–H and O–H groups in total. The van der Waals surface area contributed by atoms with Crippen molar-refractivity contribution in [2.45, 2.75) is 0 Å². The number of hydrogen-bond acceptors (Lipinski definition) is 2. The second-order valence-corrected chi connectivity index (χ2v) is 15.4. The number of rotatable bonds is 3. The zero-order chi connectivity index (χ0) is 35.3. The first-order valence-corrected chi connectivity index (χ1v) is 19.3. The van der Waals surface area contributed by atoms with Crippen LogP contribution in [0.2, 0.25) is 0 Å². The Kier molecular flexibility index (Phi) is 6.28. The average molecular weight is 703 g/mol. The number of thiophene rings is 1. The van der Waals surface area contributed by atoms with E-state index in [1.807, 2.05) is 11.3 Å². The molecule has 2 heterocycles. The van der Waals surface area contributed by atoms with Gasteiger partial charge in [0, 0.05) is 36.3 Å². The van der Waals surface area contributed by atoms with E-state index in [0.29, 0.717) is 0 Å². The predicted octanol–water partition coefficient (Wildman–Crippen LogP) is 15.6. The second kappa shape index (κ2) is 11.4. The monoisotopic (exact) mass is 702 g/mol. The van der Waals surface area contributed by atoms with Crippen LogP contribution < -0.4 is 0 Å². The summed E-state index contributed by atoms with van der Waals surface area (Å²) in [6.45, 7) is 0. The van der Waals surface area contributed by atoms with Crippen molar-refractivity contribution in [1.29, 1.82) is 0 Å². The first-order valence-electron chi connectivity index (χ1n) is 18.5. The lowest BCUT2D eigenvalue weighted by molar-refractivity contribution is 0.669. The molecule has 0 fully saturated rings. The van der Waals surface area contributed by atoms with Gasteiger partial charge >= 0.3 is 0 Å². The highest BCUT2D eigenvalue weighted by Gasteiger charge is 2.21. The molecule has 0 atom stereocenters. The van der Waals surface area contributed by atoms with Crippen molar-refractivity contribution >= 4 is 96.5 Å². The van der Waals surface area contributed by atoms with Gasteiger partial charge in [-0.2, -0.15) is 0 Å². The van der Waals surface area contributed by atoms with Gasteiger partial charge in [-0.1, -0.05) is 152 Å². The summed E-state index contributed by atoms with van der Waals surface area (Å²) in [7, 11) is 0. The molecule has 0 saturated carbocycles. The molecule has 0 aliphatic rings. The molecule has 0 amide bonds. The molecule has 0 bridgehead atoms. The number of fused-ring (bicyclic) bond motifs is 12. The minimum atomic E-state index is 0.908. The molecular formula is C52H30OS. The minimum Gasteiger partial charge on any atom is -0.456 e. The van der Waals surface area contributed by atoms with Crippen LogP contribution in [-0.2, 0) is 0 Å². The Balaban J connectivity index is 1.10. The number of furan rings is 1. The zero-order valence-electron chi connectivity index (χ0n) is 29.1. The summed E-state index contributed by atoms with van der Waals surface area (Å²) < 4.78 is 9.37. The SMILES string of the molecule is c1ccc(-c2ccc(-c3c4ccccc4c(-c4ccc5c(c4)oc4ccc6c(ccc7c8ccccc8sc76)c45)c4ccccc34)c3ccccc23)cc1. The molecule has 250 valence electrons. The Bertz CT molecular complexity index is 3440. The highest BCUT2D eigenvalue weighted by atomic mass is 32.1. The van der Waals surface area contributed by atoms with E-state index in [1.165, 1.54) is 96.5 Å². The van der Waals surface area contributed by atoms with Crippen LogP contribution in [0.25, 0.3) is 119 Å². The highest BCUT2D eigenvalue weighted by Crippen LogP contribution is 2.48. The Morgan fingerprint density at radius 1 is 0.315 bits per heavy atom. The van der Waals surface area contributed by atoms with Crippen LogP contribution in [0, 0.1) is 0 Å². The molecule has 0 unspecified atom stereocenters. The fourth-order valence-corrected chi connectivity index (χ4v) is 10.4. The van der Waals surface area contributed by atoms with Gasteiger partial charge in [-0.3, -0.25) is 0 Å². The van der Waals surface area contributed by atoms with Crippen molar-refractivity contribution in [3.63, 3.8) is 0 Å². The van der Waals surface area contributed by atoms with Crippen LogP contribution in [0.1, 0.15) is 0 Å². The standard InChI is InChI=1S/C52H30OS/c1-2-12-31(13-3-1)33-24-25-41(35-15-5-4-14-34(33)35)50-39-19-8-6-17-37(39)49(38-18-7-9-20-40(38)50)32-22-23-45-47(30-32)53-46-29-28-44-42(51(45)46)26-27-43-36-16-10-11-21-48(36)54-52(43)44/h1-30H. The van der Waals surface area contributed by atoms with Gasteiger partial charge in [0.05, 0.1) is 0 Å². The summed E-state index contributed by atoms with van der Waals surface area (Å²) in [6, 6.07) is 66.6. The van der Waals surface area contributed by atoms with Gasteiger partial charge in [0.2, 0.25) is 0 Å². The highest BCUT2D eigenvalue weighted by molar-refractivity contribution is 7.26. The van der Waals surface area contributed by atoms with Gasteiger partial charge < -0.3 is 4.42 Å². The minimum absolute atomic E-state index is 0.908. The Morgan fingerprint density at radius 2 is 0.852 bits per heavy atom. The largest absolute Gasteiger partial charge is 0.456 e. The third-order valence-electron chi connectivity index (χ3n) is 11.5. The van der Waals surface area contributed by atoms with Crippen LogP contribution in [0.3, 0.4) is 0 Å². The van der Waals surface area contributed by atoms with Crippen LogP contribution in [0.4, 0.5) is 0 Å². The molecule has 2 aromatic heterocycles. The van der Waals surface area contributed by atoms with E-state index in [0.717, 1.165) is 22.1 Å². The maximum Gasteiger partial charge on any atom is 0.136 e. The van der Waals surface area contributed by atoms with Crippen LogP contribution >= 0.6 is 11.3 Å². The van der Waals surface area contributed by atoms with E-state index < -0.39 is 0 Å². The van der Waals surface area contributed by atoms with Crippen molar-refractivity contribution in [2.24, 2.45) is 0 Å². The molecule has 0 aliphatic heterocycles. The summed E-state index contributed by atoms with van der Waals surface area (Å²) in [5.74, 6) is 0. The molecular weight excluding hydrogens is 673 g/mol. The normalized spacial score (nSPS) is 12.1. The van der Waals surface area contributed by atoms with Gasteiger partial charge in [0.1, 0.15) is 11.2 Å². The van der Waals surface area contributed by atoms with Gasteiger partial charge in [-0.05, 0) is 101 Å².